The maximum atomic E-state index is 11.3. The molecule has 1 heterocycles. The quantitative estimate of drug-likeness (QED) is 0.500. The van der Waals surface area contributed by atoms with E-state index in [9.17, 15) is 13.2 Å². The molecule has 1 unspecified atom stereocenters. The molecule has 0 aromatic rings. The monoisotopic (exact) mass is 249 g/mol. The molecular formula is C10H19NO4S. The van der Waals surface area contributed by atoms with Gasteiger partial charge in [0, 0.05) is 19.2 Å². The molecule has 1 rings (SSSR count). The fraction of sp³-hybridized carbons (Fsp3) is 0.900. The topological polar surface area (TPSA) is 74.7 Å². The van der Waals surface area contributed by atoms with Crippen LogP contribution >= 0.6 is 0 Å². The second-order valence-corrected chi connectivity index (χ2v) is 6.41. The minimum Gasteiger partial charge on any atom is -0.396 e. The first-order valence-electron chi connectivity index (χ1n) is 5.61. The van der Waals surface area contributed by atoms with Gasteiger partial charge in [-0.1, -0.05) is 0 Å². The molecule has 16 heavy (non-hydrogen) atoms. The number of rotatable bonds is 7. The molecule has 1 aliphatic heterocycles. The summed E-state index contributed by atoms with van der Waals surface area (Å²) in [6.07, 6.45) is 3.71. The van der Waals surface area contributed by atoms with Crippen LogP contribution in [0.15, 0.2) is 0 Å². The first-order valence-corrected chi connectivity index (χ1v) is 7.43. The number of hydrogen-bond acceptors (Lipinski definition) is 4. The van der Waals surface area contributed by atoms with Crippen molar-refractivity contribution < 1.29 is 18.3 Å². The molecule has 1 amide bonds. The summed E-state index contributed by atoms with van der Waals surface area (Å²) >= 11 is 0. The molecule has 0 bridgehead atoms. The van der Waals surface area contributed by atoms with E-state index in [0.29, 0.717) is 13.0 Å². The highest BCUT2D eigenvalue weighted by Gasteiger charge is 2.31. The fourth-order valence-electron chi connectivity index (χ4n) is 1.94. The molecular weight excluding hydrogens is 230 g/mol. The van der Waals surface area contributed by atoms with Crippen LogP contribution in [0.5, 0.6) is 0 Å². The van der Waals surface area contributed by atoms with Crippen LogP contribution in [0, 0.1) is 0 Å². The van der Waals surface area contributed by atoms with Gasteiger partial charge in [-0.05, 0) is 25.7 Å². The smallest absolute Gasteiger partial charge is 0.209 e. The maximum absolute atomic E-state index is 11.3. The average molecular weight is 249 g/mol. The highest BCUT2D eigenvalue weighted by Crippen LogP contribution is 2.17. The van der Waals surface area contributed by atoms with Crippen molar-refractivity contribution in [3.8, 4) is 0 Å². The molecule has 0 aliphatic carbocycles. The Kier molecular flexibility index (Phi) is 5.21. The zero-order valence-electron chi connectivity index (χ0n) is 9.34. The SMILES string of the molecule is O=CN(CCCCCO)C1CCS(=O)(=O)C1. The van der Waals surface area contributed by atoms with E-state index in [4.69, 9.17) is 5.11 Å². The number of sulfone groups is 1. The van der Waals surface area contributed by atoms with Gasteiger partial charge in [-0.3, -0.25) is 4.79 Å². The highest BCUT2D eigenvalue weighted by atomic mass is 32.2. The molecule has 0 aromatic carbocycles. The van der Waals surface area contributed by atoms with Gasteiger partial charge < -0.3 is 10.0 Å². The van der Waals surface area contributed by atoms with E-state index in [2.05, 4.69) is 0 Å². The Labute approximate surface area is 96.4 Å². The zero-order chi connectivity index (χ0) is 12.0. The van der Waals surface area contributed by atoms with Gasteiger partial charge in [-0.25, -0.2) is 8.42 Å². The lowest BCUT2D eigenvalue weighted by Crippen LogP contribution is -2.35. The Hall–Kier alpha value is -0.620. The second kappa shape index (κ2) is 6.20. The number of amides is 1. The molecule has 1 aliphatic rings. The molecule has 0 spiro atoms. The van der Waals surface area contributed by atoms with Gasteiger partial charge in [0.15, 0.2) is 9.84 Å². The molecule has 0 radical (unpaired) electrons. The van der Waals surface area contributed by atoms with Crippen LogP contribution in [-0.2, 0) is 14.6 Å². The summed E-state index contributed by atoms with van der Waals surface area (Å²) in [4.78, 5) is 12.4. The van der Waals surface area contributed by atoms with Gasteiger partial charge in [0.25, 0.3) is 0 Å². The average Bonchev–Trinajstić information content (AvgIpc) is 2.59. The summed E-state index contributed by atoms with van der Waals surface area (Å²) in [5, 5.41) is 8.61. The van der Waals surface area contributed by atoms with E-state index < -0.39 is 9.84 Å². The summed E-state index contributed by atoms with van der Waals surface area (Å²) in [5.74, 6) is 0.296. The Morgan fingerprint density at radius 3 is 2.56 bits per heavy atom. The van der Waals surface area contributed by atoms with E-state index in [-0.39, 0.29) is 24.2 Å². The normalized spacial score (nSPS) is 23.2. The lowest BCUT2D eigenvalue weighted by molar-refractivity contribution is -0.119. The molecule has 5 nitrogen and oxygen atoms in total. The molecule has 6 heteroatoms. The Morgan fingerprint density at radius 1 is 1.31 bits per heavy atom. The maximum Gasteiger partial charge on any atom is 0.209 e. The van der Waals surface area contributed by atoms with Crippen LogP contribution in [0.3, 0.4) is 0 Å². The lowest BCUT2D eigenvalue weighted by Gasteiger charge is -2.23. The third kappa shape index (κ3) is 4.09. The van der Waals surface area contributed by atoms with Crippen LogP contribution in [0.4, 0.5) is 0 Å². The molecule has 1 saturated heterocycles. The minimum absolute atomic E-state index is 0.103. The fourth-order valence-corrected chi connectivity index (χ4v) is 3.68. The standard InChI is InChI=1S/C10H19NO4S/c12-6-3-1-2-5-11(9-13)10-4-7-16(14,15)8-10/h9-10,12H,1-8H2. The van der Waals surface area contributed by atoms with Crippen LogP contribution < -0.4 is 0 Å². The van der Waals surface area contributed by atoms with Gasteiger partial charge >= 0.3 is 0 Å². The van der Waals surface area contributed by atoms with E-state index in [0.717, 1.165) is 25.7 Å². The minimum atomic E-state index is -2.93. The van der Waals surface area contributed by atoms with Crippen molar-refractivity contribution in [3.05, 3.63) is 0 Å². The summed E-state index contributed by atoms with van der Waals surface area (Å²) in [6.45, 7) is 0.753. The molecule has 1 atom stereocenters. The van der Waals surface area contributed by atoms with Crippen molar-refractivity contribution in [2.75, 3.05) is 24.7 Å². The van der Waals surface area contributed by atoms with E-state index in [1.54, 1.807) is 4.90 Å². The Morgan fingerprint density at radius 2 is 2.06 bits per heavy atom. The summed E-state index contributed by atoms with van der Waals surface area (Å²) < 4.78 is 22.5. The van der Waals surface area contributed by atoms with Gasteiger partial charge in [0.1, 0.15) is 0 Å². The van der Waals surface area contributed by atoms with Gasteiger partial charge in [0.05, 0.1) is 11.5 Å². The molecule has 1 N–H and O–H groups in total. The van der Waals surface area contributed by atoms with Crippen molar-refractivity contribution in [1.29, 1.82) is 0 Å². The van der Waals surface area contributed by atoms with Crippen LogP contribution in [0.2, 0.25) is 0 Å². The number of aliphatic hydroxyl groups is 1. The van der Waals surface area contributed by atoms with Crippen molar-refractivity contribution in [2.24, 2.45) is 0 Å². The van der Waals surface area contributed by atoms with Crippen LogP contribution in [0.25, 0.3) is 0 Å². The first kappa shape index (κ1) is 13.4. The predicted octanol–water partition coefficient (Wildman–Crippen LogP) is -0.206. The lowest BCUT2D eigenvalue weighted by atomic mass is 10.2. The Balaban J connectivity index is 2.34. The van der Waals surface area contributed by atoms with Crippen molar-refractivity contribution in [3.63, 3.8) is 0 Å². The third-order valence-corrected chi connectivity index (χ3v) is 4.64. The van der Waals surface area contributed by atoms with Crippen molar-refractivity contribution >= 4 is 16.2 Å². The van der Waals surface area contributed by atoms with E-state index in [1.807, 2.05) is 0 Å². The zero-order valence-corrected chi connectivity index (χ0v) is 10.2. The molecule has 1 fully saturated rings. The van der Waals surface area contributed by atoms with Gasteiger partial charge in [0.2, 0.25) is 6.41 Å². The van der Waals surface area contributed by atoms with Gasteiger partial charge in [-0.2, -0.15) is 0 Å². The van der Waals surface area contributed by atoms with Crippen molar-refractivity contribution in [2.45, 2.75) is 31.7 Å². The largest absolute Gasteiger partial charge is 0.396 e. The molecule has 0 saturated carbocycles. The predicted molar refractivity (Wildman–Crippen MR) is 60.8 cm³/mol. The molecule has 94 valence electrons. The highest BCUT2D eigenvalue weighted by molar-refractivity contribution is 7.91. The summed E-state index contributed by atoms with van der Waals surface area (Å²) in [6, 6.07) is -0.142. The number of carbonyl (C=O) groups is 1. The Bertz CT molecular complexity index is 315. The summed E-state index contributed by atoms with van der Waals surface area (Å²) in [7, 11) is -2.93. The number of hydrogen-bond donors (Lipinski definition) is 1. The second-order valence-electron chi connectivity index (χ2n) is 4.18. The molecule has 0 aromatic heterocycles. The third-order valence-electron chi connectivity index (χ3n) is 2.89. The van der Waals surface area contributed by atoms with E-state index in [1.165, 1.54) is 0 Å². The van der Waals surface area contributed by atoms with E-state index >= 15 is 0 Å². The first-order chi connectivity index (χ1) is 7.59. The number of aliphatic hydroxyl groups excluding tert-OH is 1. The van der Waals surface area contributed by atoms with Crippen LogP contribution in [-0.4, -0.2) is 55.5 Å². The number of unbranched alkanes of at least 4 members (excludes halogenated alkanes) is 2. The van der Waals surface area contributed by atoms with Gasteiger partial charge in [-0.15, -0.1) is 0 Å². The number of nitrogens with zero attached hydrogens (tertiary/aromatic N) is 1. The summed E-state index contributed by atoms with van der Waals surface area (Å²) in [5.41, 5.74) is 0. The van der Waals surface area contributed by atoms with Crippen molar-refractivity contribution in [1.82, 2.24) is 4.90 Å². The van der Waals surface area contributed by atoms with Crippen LogP contribution in [0.1, 0.15) is 25.7 Å². The number of carbonyl (C=O) groups excluding carboxylic acids is 1.